The Morgan fingerprint density at radius 1 is 0.947 bits per heavy atom. The molecule has 0 saturated heterocycles. The Balaban J connectivity index is 2.08. The highest BCUT2D eigenvalue weighted by molar-refractivity contribution is 7.92. The summed E-state index contributed by atoms with van der Waals surface area (Å²) in [5.74, 6) is -0.909. The predicted octanol–water partition coefficient (Wildman–Crippen LogP) is 5.36. The Bertz CT molecular complexity index is 1410. The van der Waals surface area contributed by atoms with Crippen molar-refractivity contribution in [2.45, 2.75) is 45.2 Å². The van der Waals surface area contributed by atoms with Gasteiger partial charge in [0.15, 0.2) is 0 Å². The Kier molecular flexibility index (Phi) is 9.82. The molecule has 38 heavy (non-hydrogen) atoms. The van der Waals surface area contributed by atoms with Gasteiger partial charge in [0.05, 0.1) is 10.6 Å². The Morgan fingerprint density at radius 2 is 1.61 bits per heavy atom. The normalized spacial score (nSPS) is 12.1. The third-order valence-electron chi connectivity index (χ3n) is 6.09. The summed E-state index contributed by atoms with van der Waals surface area (Å²) in [6.07, 6.45) is 0. The second-order valence-corrected chi connectivity index (χ2v) is 11.7. The Hall–Kier alpha value is -3.07. The highest BCUT2D eigenvalue weighted by Gasteiger charge is 2.33. The van der Waals surface area contributed by atoms with Crippen molar-refractivity contribution in [3.63, 3.8) is 0 Å². The van der Waals surface area contributed by atoms with Crippen molar-refractivity contribution in [1.82, 2.24) is 10.2 Å². The van der Waals surface area contributed by atoms with E-state index in [9.17, 15) is 18.0 Å². The number of sulfonamides is 1. The van der Waals surface area contributed by atoms with Gasteiger partial charge in [-0.3, -0.25) is 13.9 Å². The number of carbonyl (C=O) groups excluding carboxylic acids is 2. The molecule has 0 fully saturated rings. The van der Waals surface area contributed by atoms with Crippen molar-refractivity contribution in [3.8, 4) is 0 Å². The van der Waals surface area contributed by atoms with Gasteiger partial charge >= 0.3 is 0 Å². The van der Waals surface area contributed by atoms with E-state index in [1.54, 1.807) is 69.3 Å². The third kappa shape index (κ3) is 7.07. The van der Waals surface area contributed by atoms with Gasteiger partial charge in [0.1, 0.15) is 12.6 Å². The van der Waals surface area contributed by atoms with Crippen molar-refractivity contribution < 1.29 is 18.0 Å². The molecule has 0 unspecified atom stereocenters. The highest BCUT2D eigenvalue weighted by atomic mass is 35.5. The molecule has 0 radical (unpaired) electrons. The molecule has 3 rings (SSSR count). The fraction of sp³-hybridized carbons (Fsp3) is 0.286. The van der Waals surface area contributed by atoms with Crippen LogP contribution in [0.5, 0.6) is 0 Å². The topological polar surface area (TPSA) is 86.8 Å². The van der Waals surface area contributed by atoms with Crippen molar-refractivity contribution in [2.75, 3.05) is 17.4 Å². The van der Waals surface area contributed by atoms with Crippen LogP contribution in [0, 0.1) is 13.8 Å². The number of carbonyl (C=O) groups is 2. The zero-order valence-corrected chi connectivity index (χ0v) is 24.1. The average molecular weight is 577 g/mol. The maximum absolute atomic E-state index is 13.9. The van der Waals surface area contributed by atoms with E-state index in [0.717, 1.165) is 9.87 Å². The summed E-state index contributed by atoms with van der Waals surface area (Å²) in [7, 11) is -4.17. The maximum atomic E-state index is 13.9. The van der Waals surface area contributed by atoms with Crippen molar-refractivity contribution in [3.05, 3.63) is 93.5 Å². The summed E-state index contributed by atoms with van der Waals surface area (Å²) >= 11 is 12.4. The zero-order chi connectivity index (χ0) is 28.0. The van der Waals surface area contributed by atoms with Gasteiger partial charge < -0.3 is 10.2 Å². The summed E-state index contributed by atoms with van der Waals surface area (Å²) in [6.45, 7) is 6.90. The molecule has 202 valence electrons. The maximum Gasteiger partial charge on any atom is 0.264 e. The molecular weight excluding hydrogens is 545 g/mol. The lowest BCUT2D eigenvalue weighted by Gasteiger charge is -2.32. The number of anilines is 1. The van der Waals surface area contributed by atoms with Crippen molar-refractivity contribution in [2.24, 2.45) is 0 Å². The quantitative estimate of drug-likeness (QED) is 0.352. The molecule has 0 heterocycles. The second-order valence-electron chi connectivity index (χ2n) is 8.98. The first-order valence-electron chi connectivity index (χ1n) is 12.1. The molecular formula is C28H31Cl2N3O4S. The van der Waals surface area contributed by atoms with Gasteiger partial charge in [-0.05, 0) is 75.2 Å². The first-order chi connectivity index (χ1) is 17.9. The van der Waals surface area contributed by atoms with E-state index in [-0.39, 0.29) is 23.0 Å². The fourth-order valence-corrected chi connectivity index (χ4v) is 5.79. The second kappa shape index (κ2) is 12.7. The number of nitrogens with zero attached hydrogens (tertiary/aromatic N) is 2. The van der Waals surface area contributed by atoms with Crippen LogP contribution >= 0.6 is 23.2 Å². The van der Waals surface area contributed by atoms with Gasteiger partial charge in [-0.2, -0.15) is 0 Å². The minimum absolute atomic E-state index is 0.0356. The smallest absolute Gasteiger partial charge is 0.264 e. The molecule has 2 amide bonds. The third-order valence-corrected chi connectivity index (χ3v) is 8.33. The molecule has 0 aliphatic heterocycles. The Labute approximate surface area is 234 Å². The number of aryl methyl sites for hydroxylation is 2. The molecule has 0 spiro atoms. The molecule has 0 aliphatic rings. The molecule has 0 saturated carbocycles. The number of nitrogens with one attached hydrogen (secondary N) is 1. The fourth-order valence-electron chi connectivity index (χ4n) is 3.94. The van der Waals surface area contributed by atoms with Crippen LogP contribution in [0.2, 0.25) is 10.0 Å². The molecule has 10 heteroatoms. The van der Waals surface area contributed by atoms with Crippen LogP contribution in [-0.4, -0.2) is 44.3 Å². The van der Waals surface area contributed by atoms with E-state index >= 15 is 0 Å². The SMILES string of the molecule is CCNC(=O)[C@H](C)N(Cc1cccc(Cl)c1)C(=O)CN(c1cc(Cl)ccc1C)S(=O)(=O)c1ccc(C)cc1. The van der Waals surface area contributed by atoms with Crippen LogP contribution < -0.4 is 9.62 Å². The number of rotatable bonds is 10. The van der Waals surface area contributed by atoms with Gasteiger partial charge in [0.25, 0.3) is 10.0 Å². The van der Waals surface area contributed by atoms with Crippen LogP contribution in [0.15, 0.2) is 71.6 Å². The summed E-state index contributed by atoms with van der Waals surface area (Å²) in [6, 6.07) is 17.3. The van der Waals surface area contributed by atoms with E-state index in [1.807, 2.05) is 6.92 Å². The van der Waals surface area contributed by atoms with Crippen LogP contribution in [-0.2, 0) is 26.2 Å². The van der Waals surface area contributed by atoms with Crippen LogP contribution in [0.4, 0.5) is 5.69 Å². The standard InChI is InChI=1S/C28H31Cl2N3O4S/c1-5-31-28(35)21(4)32(17-22-7-6-8-23(29)15-22)27(34)18-33(26-16-24(30)12-11-20(26)3)38(36,37)25-13-9-19(2)10-14-25/h6-16,21H,5,17-18H2,1-4H3,(H,31,35)/t21-/m0/s1. The monoisotopic (exact) mass is 575 g/mol. The summed E-state index contributed by atoms with van der Waals surface area (Å²) in [5, 5.41) is 3.54. The molecule has 7 nitrogen and oxygen atoms in total. The molecule has 1 N–H and O–H groups in total. The van der Waals surface area contributed by atoms with Crippen LogP contribution in [0.25, 0.3) is 0 Å². The molecule has 0 aliphatic carbocycles. The van der Waals surface area contributed by atoms with E-state index in [0.29, 0.717) is 27.7 Å². The minimum atomic E-state index is -4.17. The lowest BCUT2D eigenvalue weighted by Crippen LogP contribution is -2.51. The lowest BCUT2D eigenvalue weighted by molar-refractivity contribution is -0.139. The number of hydrogen-bond donors (Lipinski definition) is 1. The number of amides is 2. The average Bonchev–Trinajstić information content (AvgIpc) is 2.87. The predicted molar refractivity (Wildman–Crippen MR) is 152 cm³/mol. The van der Waals surface area contributed by atoms with Gasteiger partial charge in [0, 0.05) is 23.1 Å². The van der Waals surface area contributed by atoms with Crippen molar-refractivity contribution >= 4 is 50.7 Å². The van der Waals surface area contributed by atoms with E-state index in [4.69, 9.17) is 23.2 Å². The number of likely N-dealkylation sites (N-methyl/N-ethyl adjacent to an activating group) is 1. The van der Waals surface area contributed by atoms with Gasteiger partial charge in [0.2, 0.25) is 11.8 Å². The largest absolute Gasteiger partial charge is 0.355 e. The summed E-state index contributed by atoms with van der Waals surface area (Å²) in [5.41, 5.74) is 2.50. The van der Waals surface area contributed by atoms with E-state index in [1.165, 1.54) is 23.1 Å². The van der Waals surface area contributed by atoms with Gasteiger partial charge in [-0.15, -0.1) is 0 Å². The molecule has 3 aromatic rings. The molecule has 1 atom stereocenters. The lowest BCUT2D eigenvalue weighted by atomic mass is 10.1. The van der Waals surface area contributed by atoms with Crippen molar-refractivity contribution in [1.29, 1.82) is 0 Å². The highest BCUT2D eigenvalue weighted by Crippen LogP contribution is 2.30. The first-order valence-corrected chi connectivity index (χ1v) is 14.3. The first kappa shape index (κ1) is 29.5. The van der Waals surface area contributed by atoms with E-state index < -0.39 is 28.5 Å². The van der Waals surface area contributed by atoms with Crippen LogP contribution in [0.1, 0.15) is 30.5 Å². The summed E-state index contributed by atoms with van der Waals surface area (Å²) in [4.78, 5) is 28.0. The van der Waals surface area contributed by atoms with Crippen LogP contribution in [0.3, 0.4) is 0 Å². The van der Waals surface area contributed by atoms with Gasteiger partial charge in [-0.1, -0.05) is 59.1 Å². The number of halogens is 2. The molecule has 0 bridgehead atoms. The van der Waals surface area contributed by atoms with E-state index in [2.05, 4.69) is 5.32 Å². The molecule has 3 aromatic carbocycles. The number of benzene rings is 3. The van der Waals surface area contributed by atoms with Gasteiger partial charge in [-0.25, -0.2) is 8.42 Å². The summed E-state index contributed by atoms with van der Waals surface area (Å²) < 4.78 is 28.8. The Morgan fingerprint density at radius 3 is 2.24 bits per heavy atom. The zero-order valence-electron chi connectivity index (χ0n) is 21.7. The number of hydrogen-bond acceptors (Lipinski definition) is 4. The minimum Gasteiger partial charge on any atom is -0.355 e. The molecule has 0 aromatic heterocycles.